The van der Waals surface area contributed by atoms with E-state index in [4.69, 9.17) is 0 Å². The van der Waals surface area contributed by atoms with Crippen LogP contribution in [0.1, 0.15) is 0 Å². The van der Waals surface area contributed by atoms with Gasteiger partial charge in [0, 0.05) is 5.39 Å². The highest BCUT2D eigenvalue weighted by atomic mass is 19.1. The van der Waals surface area contributed by atoms with Crippen LogP contribution < -0.4 is 11.0 Å². The minimum atomic E-state index is -0.548. The Morgan fingerprint density at radius 1 is 1.12 bits per heavy atom. The van der Waals surface area contributed by atoms with E-state index in [0.717, 1.165) is 4.68 Å². The average molecular weight is 337 g/mol. The van der Waals surface area contributed by atoms with Gasteiger partial charge >= 0.3 is 5.69 Å². The Hall–Kier alpha value is -3.55. The van der Waals surface area contributed by atoms with E-state index in [1.165, 1.54) is 28.9 Å². The zero-order chi connectivity index (χ0) is 17.4. The van der Waals surface area contributed by atoms with E-state index in [-0.39, 0.29) is 12.2 Å². The Labute approximate surface area is 140 Å². The quantitative estimate of drug-likeness (QED) is 0.618. The van der Waals surface area contributed by atoms with E-state index in [2.05, 4.69) is 15.4 Å². The summed E-state index contributed by atoms with van der Waals surface area (Å²) in [5.74, 6) is -1.10. The van der Waals surface area contributed by atoms with Crippen molar-refractivity contribution >= 4 is 28.1 Å². The Morgan fingerprint density at radius 3 is 2.72 bits per heavy atom. The lowest BCUT2D eigenvalue weighted by Crippen LogP contribution is -2.28. The largest absolute Gasteiger partial charge is 0.352 e. The minimum absolute atomic E-state index is 0.0522. The summed E-state index contributed by atoms with van der Waals surface area (Å²) in [5.41, 5.74) is 0.672. The molecule has 1 amide bonds. The Balaban J connectivity index is 1.69. The summed E-state index contributed by atoms with van der Waals surface area (Å²) in [6, 6.07) is 13.1. The lowest BCUT2D eigenvalue weighted by atomic mass is 10.2. The molecule has 0 saturated heterocycles. The van der Waals surface area contributed by atoms with Gasteiger partial charge in [-0.05, 0) is 24.3 Å². The fourth-order valence-electron chi connectivity index (χ4n) is 2.59. The lowest BCUT2D eigenvalue weighted by Gasteiger charge is -2.05. The van der Waals surface area contributed by atoms with Crippen molar-refractivity contribution in [2.45, 2.75) is 6.54 Å². The van der Waals surface area contributed by atoms with Gasteiger partial charge in [-0.2, -0.15) is 0 Å². The first-order valence-corrected chi connectivity index (χ1v) is 7.51. The van der Waals surface area contributed by atoms with Gasteiger partial charge in [-0.1, -0.05) is 24.3 Å². The molecule has 2 aromatic carbocycles. The van der Waals surface area contributed by atoms with Gasteiger partial charge in [0.05, 0.1) is 11.2 Å². The van der Waals surface area contributed by atoms with Gasteiger partial charge in [-0.3, -0.25) is 4.79 Å². The van der Waals surface area contributed by atoms with Crippen LogP contribution in [0.5, 0.6) is 0 Å². The number of rotatable bonds is 3. The number of aromatic nitrogens is 4. The Morgan fingerprint density at radius 2 is 1.88 bits per heavy atom. The topological polar surface area (TPSA) is 81.3 Å². The van der Waals surface area contributed by atoms with E-state index < -0.39 is 17.4 Å². The number of halogens is 1. The van der Waals surface area contributed by atoms with E-state index in [1.807, 2.05) is 18.2 Å². The molecule has 2 aromatic heterocycles. The predicted molar refractivity (Wildman–Crippen MR) is 89.8 cm³/mol. The third kappa shape index (κ3) is 2.63. The fourth-order valence-corrected chi connectivity index (χ4v) is 2.59. The monoisotopic (exact) mass is 337 g/mol. The maximum Gasteiger partial charge on any atom is 0.352 e. The van der Waals surface area contributed by atoms with Gasteiger partial charge in [0.25, 0.3) is 0 Å². The number of carbonyl (C=O) groups excluding carboxylic acids is 1. The Bertz CT molecular complexity index is 1160. The molecule has 0 radical (unpaired) electrons. The number of hydrogen-bond donors (Lipinski definition) is 1. The van der Waals surface area contributed by atoms with Crippen molar-refractivity contribution in [3.63, 3.8) is 0 Å². The number of carbonyl (C=O) groups is 1. The predicted octanol–water partition coefficient (Wildman–Crippen LogP) is 1.82. The van der Waals surface area contributed by atoms with Crippen LogP contribution >= 0.6 is 0 Å². The number of para-hydroxylation sites is 2. The smallest absolute Gasteiger partial charge is 0.322 e. The van der Waals surface area contributed by atoms with Crippen LogP contribution in [0, 0.1) is 5.82 Å². The highest BCUT2D eigenvalue weighted by Gasteiger charge is 2.14. The molecule has 7 nitrogen and oxygen atoms in total. The molecule has 0 spiro atoms. The van der Waals surface area contributed by atoms with Crippen LogP contribution in [-0.4, -0.2) is 25.1 Å². The van der Waals surface area contributed by atoms with Gasteiger partial charge in [-0.15, -0.1) is 5.10 Å². The summed E-state index contributed by atoms with van der Waals surface area (Å²) in [5, 5.41) is 7.35. The van der Waals surface area contributed by atoms with Gasteiger partial charge in [0.15, 0.2) is 5.65 Å². The number of anilines is 1. The highest BCUT2D eigenvalue weighted by Crippen LogP contribution is 2.15. The number of benzene rings is 2. The number of amides is 1. The van der Waals surface area contributed by atoms with Crippen LogP contribution in [0.2, 0.25) is 0 Å². The lowest BCUT2D eigenvalue weighted by molar-refractivity contribution is -0.117. The molecule has 0 aliphatic rings. The minimum Gasteiger partial charge on any atom is -0.322 e. The van der Waals surface area contributed by atoms with Gasteiger partial charge in [0.2, 0.25) is 5.91 Å². The van der Waals surface area contributed by atoms with Crippen molar-refractivity contribution in [1.82, 2.24) is 19.2 Å². The van der Waals surface area contributed by atoms with Crippen molar-refractivity contribution in [3.8, 4) is 0 Å². The van der Waals surface area contributed by atoms with E-state index in [9.17, 15) is 14.0 Å². The zero-order valence-corrected chi connectivity index (χ0v) is 12.9. The van der Waals surface area contributed by atoms with E-state index in [0.29, 0.717) is 16.6 Å². The standard InChI is InChI=1S/C17H12FN5O2/c18-12-6-2-4-8-14(12)20-15(24)9-23-17(25)22-10-19-13-7-3-1-5-11(13)16(22)21-23/h1-8,10H,9H2,(H,20,24). The molecular weight excluding hydrogens is 325 g/mol. The zero-order valence-electron chi connectivity index (χ0n) is 12.9. The molecule has 1 N–H and O–H groups in total. The Kier molecular flexibility index (Phi) is 3.50. The van der Waals surface area contributed by atoms with E-state index >= 15 is 0 Å². The number of nitrogens with one attached hydrogen (secondary N) is 1. The van der Waals surface area contributed by atoms with Crippen molar-refractivity contribution in [1.29, 1.82) is 0 Å². The summed E-state index contributed by atoms with van der Waals surface area (Å²) in [7, 11) is 0. The van der Waals surface area contributed by atoms with Crippen molar-refractivity contribution in [3.05, 3.63) is 71.2 Å². The third-order valence-electron chi connectivity index (χ3n) is 3.77. The molecule has 0 aliphatic carbocycles. The molecule has 25 heavy (non-hydrogen) atoms. The molecule has 0 fully saturated rings. The third-order valence-corrected chi connectivity index (χ3v) is 3.77. The molecule has 124 valence electrons. The number of nitrogens with zero attached hydrogens (tertiary/aromatic N) is 4. The first-order valence-electron chi connectivity index (χ1n) is 7.51. The second-order valence-electron chi connectivity index (χ2n) is 5.42. The second-order valence-corrected chi connectivity index (χ2v) is 5.42. The van der Waals surface area contributed by atoms with Crippen molar-refractivity contribution in [2.24, 2.45) is 0 Å². The molecule has 0 saturated carbocycles. The summed E-state index contributed by atoms with van der Waals surface area (Å²) in [6.07, 6.45) is 1.37. The van der Waals surface area contributed by atoms with Crippen LogP contribution in [0.15, 0.2) is 59.7 Å². The first kappa shape index (κ1) is 15.0. The molecule has 2 heterocycles. The normalized spacial score (nSPS) is 11.1. The van der Waals surface area contributed by atoms with Gasteiger partial charge in [-0.25, -0.2) is 23.3 Å². The average Bonchev–Trinajstić information content (AvgIpc) is 2.93. The summed E-state index contributed by atoms with van der Waals surface area (Å²) >= 11 is 0. The summed E-state index contributed by atoms with van der Waals surface area (Å²) in [6.45, 7) is -0.330. The molecule has 4 rings (SSSR count). The van der Waals surface area contributed by atoms with Crippen LogP contribution in [0.4, 0.5) is 10.1 Å². The SMILES string of the molecule is O=C(Cn1nc2c3ccccc3ncn2c1=O)Nc1ccccc1F. The maximum atomic E-state index is 13.6. The molecule has 8 heteroatoms. The number of hydrogen-bond acceptors (Lipinski definition) is 4. The molecule has 0 atom stereocenters. The summed E-state index contributed by atoms with van der Waals surface area (Å²) < 4.78 is 15.9. The van der Waals surface area contributed by atoms with Crippen LogP contribution in [0.3, 0.4) is 0 Å². The van der Waals surface area contributed by atoms with Gasteiger partial charge in [0.1, 0.15) is 18.7 Å². The molecule has 0 bridgehead atoms. The fraction of sp³-hybridized carbons (Fsp3) is 0.0588. The first-order chi connectivity index (χ1) is 12.1. The van der Waals surface area contributed by atoms with Crippen molar-refractivity contribution < 1.29 is 9.18 Å². The maximum absolute atomic E-state index is 13.6. The van der Waals surface area contributed by atoms with Crippen LogP contribution in [0.25, 0.3) is 16.6 Å². The van der Waals surface area contributed by atoms with Gasteiger partial charge < -0.3 is 5.32 Å². The number of fused-ring (bicyclic) bond motifs is 3. The molecule has 4 aromatic rings. The molecule has 0 unspecified atom stereocenters. The molecule has 0 aliphatic heterocycles. The summed E-state index contributed by atoms with van der Waals surface area (Å²) in [4.78, 5) is 28.7. The molecular formula is C17H12FN5O2. The van der Waals surface area contributed by atoms with E-state index in [1.54, 1.807) is 12.1 Å². The van der Waals surface area contributed by atoms with Crippen molar-refractivity contribution in [2.75, 3.05) is 5.32 Å². The van der Waals surface area contributed by atoms with Crippen LogP contribution in [-0.2, 0) is 11.3 Å². The second kappa shape index (κ2) is 5.82. The highest BCUT2D eigenvalue weighted by molar-refractivity contribution is 5.92.